The number of nitrogens with one attached hydrogen (secondary N) is 2. The molecule has 2 N–H and O–H groups in total. The van der Waals surface area contributed by atoms with Crippen molar-refractivity contribution < 1.29 is 0 Å². The summed E-state index contributed by atoms with van der Waals surface area (Å²) >= 11 is 0. The third kappa shape index (κ3) is 1.51. The van der Waals surface area contributed by atoms with E-state index in [0.29, 0.717) is 0 Å². The molecule has 0 saturated carbocycles. The van der Waals surface area contributed by atoms with Crippen LogP contribution in [0.15, 0.2) is 0 Å². The van der Waals surface area contributed by atoms with E-state index in [1.54, 1.807) is 0 Å². The Balaban J connectivity index is 2.06. The zero-order valence-corrected chi connectivity index (χ0v) is 8.04. The van der Waals surface area contributed by atoms with Gasteiger partial charge in [-0.1, -0.05) is 0 Å². The summed E-state index contributed by atoms with van der Waals surface area (Å²) in [7, 11) is 3.85. The molecule has 0 radical (unpaired) electrons. The van der Waals surface area contributed by atoms with Gasteiger partial charge in [0.25, 0.3) is 0 Å². The maximum atomic E-state index is 4.13. The lowest BCUT2D eigenvalue weighted by molar-refractivity contribution is 0.338. The van der Waals surface area contributed by atoms with Crippen LogP contribution in [0.3, 0.4) is 0 Å². The minimum Gasteiger partial charge on any atom is -0.357 e. The molecule has 1 aliphatic rings. The van der Waals surface area contributed by atoms with Gasteiger partial charge in [0.05, 0.1) is 0 Å². The average molecular weight is 181 g/mol. The highest BCUT2D eigenvalue weighted by Gasteiger charge is 2.20. The maximum absolute atomic E-state index is 4.13. The van der Waals surface area contributed by atoms with E-state index in [1.165, 1.54) is 0 Å². The van der Waals surface area contributed by atoms with E-state index in [9.17, 15) is 0 Å². The number of aromatic nitrogens is 3. The van der Waals surface area contributed by atoms with Crippen LogP contribution in [0.4, 0.5) is 5.95 Å². The van der Waals surface area contributed by atoms with Gasteiger partial charge >= 0.3 is 0 Å². The molecule has 0 unspecified atom stereocenters. The summed E-state index contributed by atoms with van der Waals surface area (Å²) < 4.78 is 2.01. The van der Waals surface area contributed by atoms with E-state index in [2.05, 4.69) is 20.8 Å². The van der Waals surface area contributed by atoms with Gasteiger partial charge in [0.2, 0.25) is 5.95 Å². The van der Waals surface area contributed by atoms with Crippen molar-refractivity contribution >= 4 is 5.95 Å². The molecule has 2 heterocycles. The van der Waals surface area contributed by atoms with Crippen LogP contribution in [-0.4, -0.2) is 34.9 Å². The number of hydrogen-bond donors (Lipinski definition) is 2. The number of rotatable bonds is 3. The smallest absolute Gasteiger partial charge is 0.224 e. The molecule has 1 fully saturated rings. The average Bonchev–Trinajstić information content (AvgIpc) is 2.40. The summed E-state index contributed by atoms with van der Waals surface area (Å²) in [5, 5.41) is 14.4. The number of hydrogen-bond acceptors (Lipinski definition) is 4. The highest BCUT2D eigenvalue weighted by atomic mass is 15.3. The normalized spacial score (nSPS) is 17.1. The van der Waals surface area contributed by atoms with Gasteiger partial charge in [0.1, 0.15) is 5.82 Å². The van der Waals surface area contributed by atoms with Crippen LogP contribution in [0.2, 0.25) is 0 Å². The van der Waals surface area contributed by atoms with E-state index in [4.69, 9.17) is 0 Å². The minimum absolute atomic E-state index is 0.743. The van der Waals surface area contributed by atoms with Crippen molar-refractivity contribution in [1.82, 2.24) is 20.1 Å². The summed E-state index contributed by atoms with van der Waals surface area (Å²) in [4.78, 5) is 0. The lowest BCUT2D eigenvalue weighted by atomic mass is 9.99. The molecule has 0 aromatic carbocycles. The third-order valence-corrected chi connectivity index (χ3v) is 2.53. The van der Waals surface area contributed by atoms with Gasteiger partial charge in [0, 0.05) is 20.5 Å². The molecule has 0 bridgehead atoms. The molecule has 0 aliphatic carbocycles. The van der Waals surface area contributed by atoms with Crippen LogP contribution < -0.4 is 10.6 Å². The molecule has 0 spiro atoms. The molecule has 0 atom stereocenters. The predicted octanol–water partition coefficient (Wildman–Crippen LogP) is -0.381. The summed E-state index contributed by atoms with van der Waals surface area (Å²) in [5.41, 5.74) is 0. The van der Waals surface area contributed by atoms with Crippen LogP contribution in [0.1, 0.15) is 5.82 Å². The zero-order chi connectivity index (χ0) is 9.26. The van der Waals surface area contributed by atoms with Crippen LogP contribution in [0.5, 0.6) is 0 Å². The first-order valence-electron chi connectivity index (χ1n) is 4.58. The van der Waals surface area contributed by atoms with E-state index in [-0.39, 0.29) is 0 Å². The lowest BCUT2D eigenvalue weighted by Crippen LogP contribution is -2.43. The highest BCUT2D eigenvalue weighted by molar-refractivity contribution is 5.23. The van der Waals surface area contributed by atoms with E-state index >= 15 is 0 Å². The quantitative estimate of drug-likeness (QED) is 0.667. The molecule has 5 nitrogen and oxygen atoms in total. The fourth-order valence-corrected chi connectivity index (χ4v) is 1.51. The second-order valence-electron chi connectivity index (χ2n) is 3.48. The van der Waals surface area contributed by atoms with Crippen molar-refractivity contribution in [3.63, 3.8) is 0 Å². The van der Waals surface area contributed by atoms with Crippen molar-refractivity contribution in [3.05, 3.63) is 5.82 Å². The molecule has 1 aromatic rings. The summed E-state index contributed by atoms with van der Waals surface area (Å²) in [6.45, 7) is 2.23. The topological polar surface area (TPSA) is 54.8 Å². The monoisotopic (exact) mass is 181 g/mol. The third-order valence-electron chi connectivity index (χ3n) is 2.53. The molecule has 1 aromatic heterocycles. The number of anilines is 1. The Morgan fingerprint density at radius 2 is 2.31 bits per heavy atom. The van der Waals surface area contributed by atoms with Gasteiger partial charge in [-0.3, -0.25) is 0 Å². The Morgan fingerprint density at radius 1 is 1.54 bits per heavy atom. The van der Waals surface area contributed by atoms with E-state index < -0.39 is 0 Å². The largest absolute Gasteiger partial charge is 0.357 e. The molecular weight excluding hydrogens is 166 g/mol. The zero-order valence-electron chi connectivity index (χ0n) is 8.04. The van der Waals surface area contributed by atoms with Gasteiger partial charge < -0.3 is 15.2 Å². The van der Waals surface area contributed by atoms with Crippen LogP contribution in [-0.2, 0) is 13.5 Å². The van der Waals surface area contributed by atoms with Crippen LogP contribution >= 0.6 is 0 Å². The van der Waals surface area contributed by atoms with Crippen molar-refractivity contribution in [2.75, 3.05) is 25.5 Å². The minimum atomic E-state index is 0.743. The maximum Gasteiger partial charge on any atom is 0.224 e. The van der Waals surface area contributed by atoms with Gasteiger partial charge in [0.15, 0.2) is 0 Å². The molecule has 1 aliphatic heterocycles. The summed E-state index contributed by atoms with van der Waals surface area (Å²) in [6, 6.07) is 0. The van der Waals surface area contributed by atoms with Crippen LogP contribution in [0.25, 0.3) is 0 Å². The fourth-order valence-electron chi connectivity index (χ4n) is 1.51. The molecule has 72 valence electrons. The Kier molecular flexibility index (Phi) is 2.18. The Hall–Kier alpha value is -1.10. The molecular formula is C8H15N5. The van der Waals surface area contributed by atoms with Crippen molar-refractivity contribution in [1.29, 1.82) is 0 Å². The van der Waals surface area contributed by atoms with Gasteiger partial charge in [-0.25, -0.2) is 0 Å². The van der Waals surface area contributed by atoms with Crippen molar-refractivity contribution in [2.24, 2.45) is 13.0 Å². The predicted molar refractivity (Wildman–Crippen MR) is 50.6 cm³/mol. The SMILES string of the molecule is CNc1nnc(CC2CNC2)n1C. The lowest BCUT2D eigenvalue weighted by Gasteiger charge is -2.26. The van der Waals surface area contributed by atoms with Crippen molar-refractivity contribution in [2.45, 2.75) is 6.42 Å². The molecule has 5 heteroatoms. The molecule has 1 saturated heterocycles. The van der Waals surface area contributed by atoms with Gasteiger partial charge in [-0.15, -0.1) is 10.2 Å². The summed E-state index contributed by atoms with van der Waals surface area (Å²) in [5.74, 6) is 2.64. The van der Waals surface area contributed by atoms with Crippen LogP contribution in [0, 0.1) is 5.92 Å². The number of nitrogens with zero attached hydrogens (tertiary/aromatic N) is 3. The second-order valence-corrected chi connectivity index (χ2v) is 3.48. The second kappa shape index (κ2) is 3.33. The first-order valence-corrected chi connectivity index (χ1v) is 4.58. The summed E-state index contributed by atoms with van der Waals surface area (Å²) in [6.07, 6.45) is 1.03. The molecule has 2 rings (SSSR count). The standard InChI is InChI=1S/C8H15N5/c1-9-8-12-11-7(13(8)2)3-6-4-10-5-6/h6,10H,3-5H2,1-2H3,(H,9,12). The first-order chi connectivity index (χ1) is 6.31. The fraction of sp³-hybridized carbons (Fsp3) is 0.750. The highest BCUT2D eigenvalue weighted by Crippen LogP contribution is 2.12. The van der Waals surface area contributed by atoms with Gasteiger partial charge in [-0.05, 0) is 19.0 Å². The van der Waals surface area contributed by atoms with E-state index in [1.807, 2.05) is 18.7 Å². The van der Waals surface area contributed by atoms with E-state index in [0.717, 1.165) is 37.2 Å². The molecule has 13 heavy (non-hydrogen) atoms. The molecule has 0 amide bonds. The Morgan fingerprint density at radius 3 is 2.77 bits per heavy atom. The Bertz CT molecular complexity index is 289. The Labute approximate surface area is 77.5 Å². The van der Waals surface area contributed by atoms with Gasteiger partial charge in [-0.2, -0.15) is 0 Å². The first kappa shape index (κ1) is 8.50. The van der Waals surface area contributed by atoms with Crippen molar-refractivity contribution in [3.8, 4) is 0 Å².